The van der Waals surface area contributed by atoms with Crippen molar-refractivity contribution in [3.63, 3.8) is 0 Å². The Morgan fingerprint density at radius 2 is 2.10 bits per heavy atom. The number of hydrogen-bond donors (Lipinski definition) is 0. The molecule has 0 N–H and O–H groups in total. The van der Waals surface area contributed by atoms with Crippen LogP contribution in [0.1, 0.15) is 12.1 Å². The first kappa shape index (κ1) is 14.1. The van der Waals surface area contributed by atoms with Gasteiger partial charge in [-0.05, 0) is 13.0 Å². The highest BCUT2D eigenvalue weighted by Gasteiger charge is 2.31. The van der Waals surface area contributed by atoms with Gasteiger partial charge >= 0.3 is 6.03 Å². The van der Waals surface area contributed by atoms with Gasteiger partial charge in [0.2, 0.25) is 5.88 Å². The van der Waals surface area contributed by atoms with Gasteiger partial charge in [-0.2, -0.15) is 0 Å². The van der Waals surface area contributed by atoms with Crippen molar-refractivity contribution in [3.05, 3.63) is 23.9 Å². The van der Waals surface area contributed by atoms with Gasteiger partial charge in [-0.3, -0.25) is 0 Å². The van der Waals surface area contributed by atoms with Crippen LogP contribution >= 0.6 is 0 Å². The molecule has 21 heavy (non-hydrogen) atoms. The lowest BCUT2D eigenvalue weighted by Crippen LogP contribution is -2.47. The Kier molecular flexibility index (Phi) is 4.24. The predicted molar refractivity (Wildman–Crippen MR) is 77.4 cm³/mol. The van der Waals surface area contributed by atoms with E-state index in [-0.39, 0.29) is 12.1 Å². The lowest BCUT2D eigenvalue weighted by atomic mass is 10.3. The molecule has 3 heterocycles. The number of carbonyl (C=O) groups excluding carboxylic acids is 1. The molecule has 1 unspecified atom stereocenters. The van der Waals surface area contributed by atoms with Crippen LogP contribution in [0.2, 0.25) is 0 Å². The summed E-state index contributed by atoms with van der Waals surface area (Å²) in [5.74, 6) is 0.640. The summed E-state index contributed by atoms with van der Waals surface area (Å²) in [4.78, 5) is 20.4. The van der Waals surface area contributed by atoms with Crippen molar-refractivity contribution < 1.29 is 14.3 Å². The van der Waals surface area contributed by atoms with E-state index in [2.05, 4.69) is 4.98 Å². The van der Waals surface area contributed by atoms with Crippen molar-refractivity contribution in [1.82, 2.24) is 14.8 Å². The first-order valence-electron chi connectivity index (χ1n) is 7.44. The number of aryl methyl sites for hydroxylation is 1. The molecule has 0 saturated carbocycles. The van der Waals surface area contributed by atoms with E-state index in [0.717, 1.165) is 18.7 Å². The highest BCUT2D eigenvalue weighted by Crippen LogP contribution is 2.18. The van der Waals surface area contributed by atoms with Crippen LogP contribution in [0.25, 0.3) is 0 Å². The number of hydrogen-bond acceptors (Lipinski definition) is 4. The summed E-state index contributed by atoms with van der Waals surface area (Å²) in [7, 11) is 0. The van der Waals surface area contributed by atoms with E-state index in [0.29, 0.717) is 38.7 Å². The van der Waals surface area contributed by atoms with Crippen molar-refractivity contribution >= 4 is 6.03 Å². The molecule has 0 radical (unpaired) electrons. The fraction of sp³-hybridized carbons (Fsp3) is 0.600. The van der Waals surface area contributed by atoms with Crippen LogP contribution < -0.4 is 4.74 Å². The molecule has 2 aliphatic rings. The lowest BCUT2D eigenvalue weighted by molar-refractivity contribution is 0.0443. The Balaban J connectivity index is 1.54. The van der Waals surface area contributed by atoms with Crippen LogP contribution in [0, 0.1) is 6.92 Å². The average molecular weight is 291 g/mol. The van der Waals surface area contributed by atoms with E-state index in [9.17, 15) is 4.79 Å². The smallest absolute Gasteiger partial charge is 0.320 e. The lowest BCUT2D eigenvalue weighted by Gasteiger charge is -2.30. The van der Waals surface area contributed by atoms with Crippen LogP contribution in [0.4, 0.5) is 4.79 Å². The minimum atomic E-state index is 0.0318. The van der Waals surface area contributed by atoms with Gasteiger partial charge < -0.3 is 19.3 Å². The quantitative estimate of drug-likeness (QED) is 0.824. The largest absolute Gasteiger partial charge is 0.472 e. The number of morpholine rings is 1. The molecule has 1 atom stereocenters. The molecule has 6 heteroatoms. The molecule has 2 fully saturated rings. The number of rotatable bonds is 2. The molecule has 3 rings (SSSR count). The summed E-state index contributed by atoms with van der Waals surface area (Å²) in [6.07, 6.45) is 0.885. The Morgan fingerprint density at radius 3 is 2.86 bits per heavy atom. The second-order valence-corrected chi connectivity index (χ2v) is 5.47. The number of nitrogens with zero attached hydrogens (tertiary/aromatic N) is 3. The minimum absolute atomic E-state index is 0.0318. The van der Waals surface area contributed by atoms with E-state index in [4.69, 9.17) is 9.47 Å². The second kappa shape index (κ2) is 6.30. The van der Waals surface area contributed by atoms with Gasteiger partial charge in [-0.25, -0.2) is 9.78 Å². The van der Waals surface area contributed by atoms with Crippen molar-refractivity contribution in [2.75, 3.05) is 39.4 Å². The number of likely N-dealkylation sites (tertiary alicyclic amines) is 1. The number of ether oxygens (including phenoxy) is 2. The van der Waals surface area contributed by atoms with Gasteiger partial charge in [-0.15, -0.1) is 0 Å². The molecular formula is C15H21N3O3. The summed E-state index contributed by atoms with van der Waals surface area (Å²) < 4.78 is 11.2. The van der Waals surface area contributed by atoms with Gasteiger partial charge in [0.25, 0.3) is 0 Å². The Bertz CT molecular complexity index is 503. The molecule has 0 spiro atoms. The van der Waals surface area contributed by atoms with Gasteiger partial charge in [0, 0.05) is 37.8 Å². The zero-order chi connectivity index (χ0) is 14.7. The maximum atomic E-state index is 12.4. The van der Waals surface area contributed by atoms with Gasteiger partial charge in [-0.1, -0.05) is 6.07 Å². The second-order valence-electron chi connectivity index (χ2n) is 5.47. The molecule has 1 aromatic rings. The van der Waals surface area contributed by atoms with Crippen molar-refractivity contribution in [2.24, 2.45) is 0 Å². The fourth-order valence-electron chi connectivity index (χ4n) is 2.71. The Labute approximate surface area is 124 Å². The van der Waals surface area contributed by atoms with Crippen LogP contribution in [-0.4, -0.2) is 66.3 Å². The fourth-order valence-corrected chi connectivity index (χ4v) is 2.71. The number of aromatic nitrogens is 1. The van der Waals surface area contributed by atoms with E-state index in [1.54, 1.807) is 0 Å². The van der Waals surface area contributed by atoms with E-state index < -0.39 is 0 Å². The topological polar surface area (TPSA) is 54.9 Å². The van der Waals surface area contributed by atoms with E-state index in [1.807, 2.05) is 34.9 Å². The number of carbonyl (C=O) groups is 1. The van der Waals surface area contributed by atoms with Crippen molar-refractivity contribution in [1.29, 1.82) is 0 Å². The zero-order valence-corrected chi connectivity index (χ0v) is 12.3. The third kappa shape index (κ3) is 3.44. The molecule has 6 nitrogen and oxygen atoms in total. The molecule has 2 aliphatic heterocycles. The van der Waals surface area contributed by atoms with Crippen molar-refractivity contribution in [2.45, 2.75) is 19.4 Å². The normalized spacial score (nSPS) is 22.4. The average Bonchev–Trinajstić information content (AvgIpc) is 2.96. The first-order valence-corrected chi connectivity index (χ1v) is 7.44. The molecule has 2 saturated heterocycles. The van der Waals surface area contributed by atoms with E-state index >= 15 is 0 Å². The van der Waals surface area contributed by atoms with Gasteiger partial charge in [0.15, 0.2) is 0 Å². The molecule has 0 aromatic carbocycles. The van der Waals surface area contributed by atoms with Crippen molar-refractivity contribution in [3.8, 4) is 5.88 Å². The molecule has 2 amide bonds. The summed E-state index contributed by atoms with van der Waals surface area (Å²) in [6, 6.07) is 5.83. The number of pyridine rings is 1. The SMILES string of the molecule is Cc1cccc(OC2CCN(C(=O)N3CCOCC3)C2)n1. The molecule has 114 valence electrons. The number of amides is 2. The van der Waals surface area contributed by atoms with Crippen LogP contribution in [0.15, 0.2) is 18.2 Å². The first-order chi connectivity index (χ1) is 10.2. The Morgan fingerprint density at radius 1 is 1.29 bits per heavy atom. The summed E-state index contributed by atoms with van der Waals surface area (Å²) in [5, 5.41) is 0. The predicted octanol–water partition coefficient (Wildman–Crippen LogP) is 1.30. The molecule has 0 aliphatic carbocycles. The van der Waals surface area contributed by atoms with Crippen LogP contribution in [-0.2, 0) is 4.74 Å². The highest BCUT2D eigenvalue weighted by atomic mass is 16.5. The Hall–Kier alpha value is -1.82. The highest BCUT2D eigenvalue weighted by molar-refractivity contribution is 5.74. The van der Waals surface area contributed by atoms with Gasteiger partial charge in [0.05, 0.1) is 19.8 Å². The third-order valence-electron chi connectivity index (χ3n) is 3.85. The van der Waals surface area contributed by atoms with E-state index in [1.165, 1.54) is 0 Å². The monoisotopic (exact) mass is 291 g/mol. The minimum Gasteiger partial charge on any atom is -0.472 e. The maximum Gasteiger partial charge on any atom is 0.320 e. The maximum absolute atomic E-state index is 12.4. The molecule has 1 aromatic heterocycles. The van der Waals surface area contributed by atoms with Crippen LogP contribution in [0.3, 0.4) is 0 Å². The molecular weight excluding hydrogens is 270 g/mol. The standard InChI is InChI=1S/C15H21N3O3/c1-12-3-2-4-14(16-12)21-13-5-6-18(11-13)15(19)17-7-9-20-10-8-17/h2-4,13H,5-11H2,1H3. The van der Waals surface area contributed by atoms with Gasteiger partial charge in [0.1, 0.15) is 6.10 Å². The summed E-state index contributed by atoms with van der Waals surface area (Å²) >= 11 is 0. The summed E-state index contributed by atoms with van der Waals surface area (Å²) in [6.45, 7) is 5.94. The number of urea groups is 1. The molecule has 0 bridgehead atoms. The summed E-state index contributed by atoms with van der Waals surface area (Å²) in [5.41, 5.74) is 0.937. The third-order valence-corrected chi connectivity index (χ3v) is 3.85. The van der Waals surface area contributed by atoms with Crippen LogP contribution in [0.5, 0.6) is 5.88 Å². The zero-order valence-electron chi connectivity index (χ0n) is 12.3.